The molecule has 0 saturated heterocycles. The molecule has 0 fully saturated rings. The minimum atomic E-state index is -0.532. The second-order valence-electron chi connectivity index (χ2n) is 8.13. The molecule has 1 aliphatic rings. The van der Waals surface area contributed by atoms with Crippen LogP contribution in [0.2, 0.25) is 0 Å². The van der Waals surface area contributed by atoms with Crippen LogP contribution in [0.5, 0.6) is 5.75 Å². The number of halogens is 1. The topological polar surface area (TPSA) is 39.7 Å². The average Bonchev–Trinajstić information content (AvgIpc) is 2.72. The van der Waals surface area contributed by atoms with Crippen LogP contribution >= 0.6 is 0 Å². The van der Waals surface area contributed by atoms with Crippen LogP contribution < -0.4 is 10.1 Å². The molecule has 0 radical (unpaired) electrons. The van der Waals surface area contributed by atoms with Crippen LogP contribution in [0.3, 0.4) is 0 Å². The van der Waals surface area contributed by atoms with Crippen molar-refractivity contribution >= 4 is 5.69 Å². The molecule has 0 spiro atoms. The zero-order valence-corrected chi connectivity index (χ0v) is 18.1. The highest BCUT2D eigenvalue weighted by atomic mass is 19.1. The highest BCUT2D eigenvalue weighted by molar-refractivity contribution is 5.53. The van der Waals surface area contributed by atoms with Crippen LogP contribution in [-0.4, -0.2) is 24.9 Å². The summed E-state index contributed by atoms with van der Waals surface area (Å²) in [5, 5.41) is 3.41. The summed E-state index contributed by atoms with van der Waals surface area (Å²) in [5.41, 5.74) is 2.40. The van der Waals surface area contributed by atoms with Gasteiger partial charge in [0, 0.05) is 24.4 Å². The third kappa shape index (κ3) is 5.41. The van der Waals surface area contributed by atoms with E-state index < -0.39 is 5.60 Å². The molecule has 1 heterocycles. The van der Waals surface area contributed by atoms with Gasteiger partial charge in [-0.15, -0.1) is 6.58 Å². The molecule has 30 heavy (non-hydrogen) atoms. The monoisotopic (exact) mass is 413 g/mol. The molecule has 0 aliphatic carbocycles. The normalized spacial score (nSPS) is 19.6. The molecule has 0 saturated carbocycles. The second-order valence-corrected chi connectivity index (χ2v) is 8.13. The first-order valence-electron chi connectivity index (χ1n) is 10.6. The maximum Gasteiger partial charge on any atom is 0.132 e. The quantitative estimate of drug-likeness (QED) is 0.381. The average molecular weight is 414 g/mol. The summed E-state index contributed by atoms with van der Waals surface area (Å²) >= 11 is 0. The van der Waals surface area contributed by atoms with Crippen molar-refractivity contribution in [1.82, 2.24) is 0 Å². The third-order valence-corrected chi connectivity index (χ3v) is 5.25. The molecule has 3 rings (SSSR count). The largest absolute Gasteiger partial charge is 0.485 e. The fourth-order valence-corrected chi connectivity index (χ4v) is 3.64. The molecule has 0 aromatic heterocycles. The Hall–Kier alpha value is -2.37. The third-order valence-electron chi connectivity index (χ3n) is 5.25. The van der Waals surface area contributed by atoms with E-state index in [0.29, 0.717) is 19.8 Å². The lowest BCUT2D eigenvalue weighted by Crippen LogP contribution is -2.51. The van der Waals surface area contributed by atoms with Crippen LogP contribution in [0.25, 0.3) is 0 Å². The minimum Gasteiger partial charge on any atom is -0.485 e. The lowest BCUT2D eigenvalue weighted by atomic mass is 9.87. The lowest BCUT2D eigenvalue weighted by Gasteiger charge is -2.44. The molecule has 1 aliphatic heterocycles. The molecule has 1 N–H and O–H groups in total. The van der Waals surface area contributed by atoms with Gasteiger partial charge in [0.25, 0.3) is 0 Å². The molecule has 2 aromatic rings. The summed E-state index contributed by atoms with van der Waals surface area (Å²) in [4.78, 5) is 0. The Morgan fingerprint density at radius 1 is 1.17 bits per heavy atom. The molecular weight excluding hydrogens is 381 g/mol. The number of fused-ring (bicyclic) bond motifs is 1. The molecular formula is C25H32FNO3. The molecule has 2 unspecified atom stereocenters. The number of benzene rings is 2. The van der Waals surface area contributed by atoms with Gasteiger partial charge in [-0.2, -0.15) is 0 Å². The Kier molecular flexibility index (Phi) is 7.51. The number of hydrogen-bond donors (Lipinski definition) is 1. The van der Waals surface area contributed by atoms with Crippen LogP contribution in [0.1, 0.15) is 50.8 Å². The summed E-state index contributed by atoms with van der Waals surface area (Å²) in [6, 6.07) is 12.5. The highest BCUT2D eigenvalue weighted by Gasteiger charge is 2.45. The molecule has 4 nitrogen and oxygen atoms in total. The number of rotatable bonds is 10. The first kappa shape index (κ1) is 22.3. The molecule has 5 heteroatoms. The van der Waals surface area contributed by atoms with Crippen LogP contribution in [0.4, 0.5) is 10.1 Å². The van der Waals surface area contributed by atoms with Crippen LogP contribution in [-0.2, 0) is 16.0 Å². The Bertz CT molecular complexity index is 835. The van der Waals surface area contributed by atoms with Gasteiger partial charge < -0.3 is 19.5 Å². The Morgan fingerprint density at radius 2 is 1.93 bits per heavy atom. The van der Waals surface area contributed by atoms with E-state index in [-0.39, 0.29) is 18.0 Å². The second kappa shape index (κ2) is 10.1. The smallest absolute Gasteiger partial charge is 0.132 e. The molecule has 2 atom stereocenters. The minimum absolute atomic E-state index is 0.232. The van der Waals surface area contributed by atoms with E-state index >= 15 is 0 Å². The number of nitrogens with one attached hydrogen (secondary N) is 1. The molecule has 0 bridgehead atoms. The van der Waals surface area contributed by atoms with Crippen molar-refractivity contribution in [3.05, 3.63) is 72.1 Å². The van der Waals surface area contributed by atoms with Gasteiger partial charge in [-0.25, -0.2) is 4.39 Å². The van der Waals surface area contributed by atoms with Crippen LogP contribution in [0.15, 0.2) is 55.1 Å². The first-order chi connectivity index (χ1) is 14.4. The van der Waals surface area contributed by atoms with Gasteiger partial charge in [-0.1, -0.05) is 31.6 Å². The van der Waals surface area contributed by atoms with E-state index in [1.54, 1.807) is 18.2 Å². The van der Waals surface area contributed by atoms with Crippen molar-refractivity contribution in [3.8, 4) is 5.75 Å². The van der Waals surface area contributed by atoms with Crippen molar-refractivity contribution in [2.45, 2.75) is 58.0 Å². The van der Waals surface area contributed by atoms with Gasteiger partial charge in [-0.3, -0.25) is 0 Å². The van der Waals surface area contributed by atoms with Gasteiger partial charge in [0.2, 0.25) is 0 Å². The van der Waals surface area contributed by atoms with Crippen molar-refractivity contribution in [1.29, 1.82) is 0 Å². The maximum atomic E-state index is 13.1. The van der Waals surface area contributed by atoms with E-state index in [0.717, 1.165) is 35.4 Å². The first-order valence-corrected chi connectivity index (χ1v) is 10.6. The summed E-state index contributed by atoms with van der Waals surface area (Å²) in [5.74, 6) is 0.581. The van der Waals surface area contributed by atoms with Crippen molar-refractivity contribution in [2.75, 3.05) is 18.5 Å². The fraction of sp³-hybridized carbons (Fsp3) is 0.440. The van der Waals surface area contributed by atoms with Gasteiger partial charge in [0.05, 0.1) is 6.61 Å². The summed E-state index contributed by atoms with van der Waals surface area (Å²) in [6.45, 7) is 11.7. The predicted molar refractivity (Wildman–Crippen MR) is 118 cm³/mol. The summed E-state index contributed by atoms with van der Waals surface area (Å²) < 4.78 is 31.8. The molecule has 2 aromatic carbocycles. The summed E-state index contributed by atoms with van der Waals surface area (Å²) in [6.07, 6.45) is 3.31. The van der Waals surface area contributed by atoms with E-state index in [1.165, 1.54) is 12.1 Å². The van der Waals surface area contributed by atoms with E-state index in [4.69, 9.17) is 14.2 Å². The van der Waals surface area contributed by atoms with Crippen LogP contribution in [0, 0.1) is 5.82 Å². The van der Waals surface area contributed by atoms with E-state index in [1.807, 2.05) is 26.0 Å². The standard InChI is InChI=1S/C25H32FNO3/c1-5-7-15-28-23-21-16-20(27-17-18-8-10-19(26)11-9-18)12-13-22(21)30-25(3,4)24(23)29-14-6-2/h6,8-13,16,23-24,27H,2,5,7,14-15,17H2,1,3-4H3. The maximum absolute atomic E-state index is 13.1. The van der Waals surface area contributed by atoms with Crippen molar-refractivity contribution < 1.29 is 18.6 Å². The van der Waals surface area contributed by atoms with Gasteiger partial charge >= 0.3 is 0 Å². The number of hydrogen-bond acceptors (Lipinski definition) is 4. The Morgan fingerprint density at radius 3 is 2.63 bits per heavy atom. The van der Waals surface area contributed by atoms with Gasteiger partial charge in [-0.05, 0) is 56.2 Å². The van der Waals surface area contributed by atoms with Crippen molar-refractivity contribution in [2.24, 2.45) is 0 Å². The number of anilines is 1. The Balaban J connectivity index is 1.84. The lowest BCUT2D eigenvalue weighted by molar-refractivity contribution is -0.157. The predicted octanol–water partition coefficient (Wildman–Crippen LogP) is 6.04. The number of ether oxygens (including phenoxy) is 3. The number of unbranched alkanes of at least 4 members (excludes halogenated alkanes) is 1. The Labute approximate surface area is 179 Å². The molecule has 162 valence electrons. The van der Waals surface area contributed by atoms with E-state index in [9.17, 15) is 4.39 Å². The summed E-state index contributed by atoms with van der Waals surface area (Å²) in [7, 11) is 0. The highest BCUT2D eigenvalue weighted by Crippen LogP contribution is 2.44. The van der Waals surface area contributed by atoms with Crippen molar-refractivity contribution in [3.63, 3.8) is 0 Å². The molecule has 0 amide bonds. The SMILES string of the molecule is C=CCOC1C(OCCCC)c2cc(NCc3ccc(F)cc3)ccc2OC1(C)C. The fourth-order valence-electron chi connectivity index (χ4n) is 3.64. The van der Waals surface area contributed by atoms with Gasteiger partial charge in [0.1, 0.15) is 29.4 Å². The zero-order chi connectivity index (χ0) is 21.6. The van der Waals surface area contributed by atoms with E-state index in [2.05, 4.69) is 24.9 Å². The zero-order valence-electron chi connectivity index (χ0n) is 18.1. The van der Waals surface area contributed by atoms with Gasteiger partial charge in [0.15, 0.2) is 0 Å².